The van der Waals surface area contributed by atoms with Crippen LogP contribution in [0.1, 0.15) is 18.1 Å². The monoisotopic (exact) mass is 221 g/mol. The first kappa shape index (κ1) is 14.2. The summed E-state index contributed by atoms with van der Waals surface area (Å²) in [6.07, 6.45) is 0. The van der Waals surface area contributed by atoms with E-state index in [4.69, 9.17) is 0 Å². The second-order valence-electron chi connectivity index (χ2n) is 3.60. The van der Waals surface area contributed by atoms with Crippen LogP contribution in [0.5, 0.6) is 5.75 Å². The maximum Gasteiger partial charge on any atom is 0.246 e. The first-order valence-electron chi connectivity index (χ1n) is 5.03. The topological polar surface area (TPSA) is 49.3 Å². The Morgan fingerprint density at radius 3 is 1.94 bits per heavy atom. The van der Waals surface area contributed by atoms with Gasteiger partial charge in [-0.3, -0.25) is 4.79 Å². The molecule has 0 saturated heterocycles. The van der Waals surface area contributed by atoms with E-state index in [1.54, 1.807) is 14.0 Å². The lowest BCUT2D eigenvalue weighted by Crippen LogP contribution is -2.17. The number of phenols is 1. The molecule has 0 aromatic heterocycles. The largest absolute Gasteiger partial charge is 0.507 e. The molecule has 0 radical (unpaired) electrons. The van der Waals surface area contributed by atoms with Crippen LogP contribution >= 0.6 is 0 Å². The number of nitrogens with one attached hydrogen (secondary N) is 1. The summed E-state index contributed by atoms with van der Waals surface area (Å²) < 4.78 is 0. The number of aromatic hydroxyl groups is 1. The minimum absolute atomic E-state index is 0.0972. The predicted molar refractivity (Wildman–Crippen MR) is 66.5 cm³/mol. The molecule has 0 fully saturated rings. The zero-order chi connectivity index (χ0) is 12.7. The molecule has 3 heteroatoms. The number of amides is 1. The fourth-order valence-corrected chi connectivity index (χ4v) is 1.02. The molecule has 1 amide bonds. The molecule has 88 valence electrons. The summed E-state index contributed by atoms with van der Waals surface area (Å²) >= 11 is 0. The quantitative estimate of drug-likeness (QED) is 0.715. The third-order valence-electron chi connectivity index (χ3n) is 2.05. The summed E-state index contributed by atoms with van der Waals surface area (Å²) in [5.41, 5.74) is 2.42. The molecule has 1 aromatic carbocycles. The molecule has 16 heavy (non-hydrogen) atoms. The second-order valence-corrected chi connectivity index (χ2v) is 3.60. The maximum absolute atomic E-state index is 10.3. The molecule has 0 saturated carbocycles. The molecule has 3 nitrogen and oxygen atoms in total. The Kier molecular flexibility index (Phi) is 5.93. The summed E-state index contributed by atoms with van der Waals surface area (Å²) in [6, 6.07) is 5.72. The van der Waals surface area contributed by atoms with E-state index < -0.39 is 0 Å². The van der Waals surface area contributed by atoms with E-state index >= 15 is 0 Å². The number of aryl methyl sites for hydroxylation is 2. The average Bonchev–Trinajstić information content (AvgIpc) is 2.25. The van der Waals surface area contributed by atoms with Gasteiger partial charge in [-0.1, -0.05) is 24.8 Å². The minimum Gasteiger partial charge on any atom is -0.507 e. The van der Waals surface area contributed by atoms with E-state index in [0.29, 0.717) is 11.3 Å². The van der Waals surface area contributed by atoms with Gasteiger partial charge in [-0.15, -0.1) is 0 Å². The summed E-state index contributed by atoms with van der Waals surface area (Å²) in [7, 11) is 1.58. The van der Waals surface area contributed by atoms with Crippen LogP contribution in [0.3, 0.4) is 0 Å². The van der Waals surface area contributed by atoms with Crippen molar-refractivity contribution in [1.82, 2.24) is 5.32 Å². The van der Waals surface area contributed by atoms with E-state index in [1.165, 1.54) is 0 Å². The number of hydrogen-bond acceptors (Lipinski definition) is 2. The molecule has 0 atom stereocenters. The van der Waals surface area contributed by atoms with Gasteiger partial charge in [-0.2, -0.15) is 0 Å². The van der Waals surface area contributed by atoms with Crippen molar-refractivity contribution in [2.45, 2.75) is 20.8 Å². The number of para-hydroxylation sites is 1. The summed E-state index contributed by atoms with van der Waals surface area (Å²) in [6.45, 7) is 8.86. The van der Waals surface area contributed by atoms with Crippen molar-refractivity contribution in [2.75, 3.05) is 7.05 Å². The summed E-state index contributed by atoms with van der Waals surface area (Å²) in [4.78, 5) is 10.3. The first-order chi connectivity index (χ1) is 7.40. The molecule has 0 aliphatic carbocycles. The lowest BCUT2D eigenvalue weighted by molar-refractivity contribution is -0.116. The Hall–Kier alpha value is -1.77. The van der Waals surface area contributed by atoms with Crippen molar-refractivity contribution in [3.8, 4) is 5.75 Å². The van der Waals surface area contributed by atoms with Crippen molar-refractivity contribution >= 4 is 5.91 Å². The predicted octanol–water partition coefficient (Wildman–Crippen LogP) is 2.32. The molecular weight excluding hydrogens is 202 g/mol. The van der Waals surface area contributed by atoms with Crippen LogP contribution in [0.4, 0.5) is 0 Å². The zero-order valence-corrected chi connectivity index (χ0v) is 10.3. The van der Waals surface area contributed by atoms with Gasteiger partial charge in [0.05, 0.1) is 0 Å². The highest BCUT2D eigenvalue weighted by molar-refractivity contribution is 5.91. The number of likely N-dealkylation sites (N-methyl/N-ethyl adjacent to an activating group) is 1. The van der Waals surface area contributed by atoms with Gasteiger partial charge in [0.15, 0.2) is 0 Å². The highest BCUT2D eigenvalue weighted by Gasteiger charge is 1.95. The molecule has 0 unspecified atom stereocenters. The zero-order valence-electron chi connectivity index (χ0n) is 10.3. The fraction of sp³-hybridized carbons (Fsp3) is 0.308. The van der Waals surface area contributed by atoms with Crippen LogP contribution in [0, 0.1) is 13.8 Å². The van der Waals surface area contributed by atoms with Crippen LogP contribution in [0.2, 0.25) is 0 Å². The average molecular weight is 221 g/mol. The van der Waals surface area contributed by atoms with Crippen molar-refractivity contribution in [2.24, 2.45) is 0 Å². The smallest absolute Gasteiger partial charge is 0.246 e. The molecule has 1 aromatic rings. The number of rotatable bonds is 1. The number of benzene rings is 1. The molecular formula is C13H19NO2. The number of carbonyl (C=O) groups is 1. The first-order valence-corrected chi connectivity index (χ1v) is 5.03. The second kappa shape index (κ2) is 6.67. The Labute approximate surface area is 96.8 Å². The van der Waals surface area contributed by atoms with E-state index in [-0.39, 0.29) is 5.91 Å². The van der Waals surface area contributed by atoms with Crippen LogP contribution in [0.25, 0.3) is 0 Å². The Morgan fingerprint density at radius 1 is 1.31 bits per heavy atom. The Balaban J connectivity index is 0.000000293. The van der Waals surface area contributed by atoms with E-state index in [9.17, 15) is 9.90 Å². The van der Waals surface area contributed by atoms with Crippen molar-refractivity contribution in [3.05, 3.63) is 41.5 Å². The summed E-state index contributed by atoms with van der Waals surface area (Å²) in [5, 5.41) is 11.6. The van der Waals surface area contributed by atoms with Crippen LogP contribution in [-0.2, 0) is 4.79 Å². The third kappa shape index (κ3) is 4.64. The highest BCUT2D eigenvalue weighted by Crippen LogP contribution is 2.19. The van der Waals surface area contributed by atoms with Crippen LogP contribution < -0.4 is 5.32 Å². The number of carbonyl (C=O) groups excluding carboxylic acids is 1. The summed E-state index contributed by atoms with van der Waals surface area (Å²) in [5.74, 6) is 0.317. The highest BCUT2D eigenvalue weighted by atomic mass is 16.3. The molecule has 0 aliphatic rings. The molecule has 0 bridgehead atoms. The molecule has 0 aliphatic heterocycles. The molecule has 0 spiro atoms. The van der Waals surface area contributed by atoms with Gasteiger partial charge in [-0.25, -0.2) is 0 Å². The Morgan fingerprint density at radius 2 is 1.75 bits per heavy atom. The maximum atomic E-state index is 10.3. The van der Waals surface area contributed by atoms with Crippen LogP contribution in [0.15, 0.2) is 30.4 Å². The molecule has 0 heterocycles. The number of phenolic OH excluding ortho intramolecular Hbond substituents is 1. The third-order valence-corrected chi connectivity index (χ3v) is 2.05. The minimum atomic E-state index is -0.0972. The lowest BCUT2D eigenvalue weighted by Gasteiger charge is -1.99. The van der Waals surface area contributed by atoms with Gasteiger partial charge < -0.3 is 10.4 Å². The molecule has 1 rings (SSSR count). The van der Waals surface area contributed by atoms with E-state index in [0.717, 1.165) is 11.1 Å². The Bertz CT molecular complexity index is 363. The SMILES string of the molecule is C=C(C)C(=O)NC.Cc1cccc(C)c1O. The standard InChI is InChI=1S/C8H10O.C5H9NO/c1-6-4-3-5-7(2)8(6)9;1-4(2)5(7)6-3/h3-5,9H,1-2H3;1H2,2-3H3,(H,6,7). The van der Waals surface area contributed by atoms with E-state index in [2.05, 4.69) is 11.9 Å². The normalized spacial score (nSPS) is 8.75. The van der Waals surface area contributed by atoms with Gasteiger partial charge in [0.1, 0.15) is 5.75 Å². The van der Waals surface area contributed by atoms with Gasteiger partial charge in [0.2, 0.25) is 5.91 Å². The van der Waals surface area contributed by atoms with Crippen LogP contribution in [-0.4, -0.2) is 18.1 Å². The van der Waals surface area contributed by atoms with Gasteiger partial charge >= 0.3 is 0 Å². The fourth-order valence-electron chi connectivity index (χ4n) is 1.02. The number of hydrogen-bond donors (Lipinski definition) is 2. The lowest BCUT2D eigenvalue weighted by atomic mass is 10.1. The van der Waals surface area contributed by atoms with Crippen molar-refractivity contribution in [1.29, 1.82) is 0 Å². The van der Waals surface area contributed by atoms with Crippen molar-refractivity contribution < 1.29 is 9.90 Å². The van der Waals surface area contributed by atoms with Gasteiger partial charge in [-0.05, 0) is 31.9 Å². The van der Waals surface area contributed by atoms with Gasteiger partial charge in [0.25, 0.3) is 0 Å². The van der Waals surface area contributed by atoms with E-state index in [1.807, 2.05) is 32.0 Å². The molecule has 2 N–H and O–H groups in total. The van der Waals surface area contributed by atoms with Crippen molar-refractivity contribution in [3.63, 3.8) is 0 Å². The van der Waals surface area contributed by atoms with Gasteiger partial charge in [0, 0.05) is 12.6 Å².